The van der Waals surface area contributed by atoms with Crippen molar-refractivity contribution in [2.45, 2.75) is 18.9 Å². The van der Waals surface area contributed by atoms with Gasteiger partial charge in [-0.05, 0) is 47.2 Å². The van der Waals surface area contributed by atoms with E-state index in [-0.39, 0.29) is 12.1 Å². The summed E-state index contributed by atoms with van der Waals surface area (Å²) in [4.78, 5) is 16.4. The zero-order valence-corrected chi connectivity index (χ0v) is 12.3. The first-order valence-corrected chi connectivity index (χ1v) is 7.51. The Bertz CT molecular complexity index is 825. The number of aryl methyl sites for hydroxylation is 1. The lowest BCUT2D eigenvalue weighted by molar-refractivity contribution is 0.178. The Labute approximate surface area is 132 Å². The summed E-state index contributed by atoms with van der Waals surface area (Å²) < 4.78 is 5.16. The van der Waals surface area contributed by atoms with Gasteiger partial charge >= 0.3 is 6.09 Å². The van der Waals surface area contributed by atoms with Crippen LogP contribution in [-0.4, -0.2) is 18.7 Å². The summed E-state index contributed by atoms with van der Waals surface area (Å²) in [5, 5.41) is 3.58. The number of hydrogen-bond acceptors (Lipinski definition) is 3. The molecular formula is C17H14N4O2. The van der Waals surface area contributed by atoms with Crippen molar-refractivity contribution >= 4 is 17.5 Å². The van der Waals surface area contributed by atoms with Gasteiger partial charge in [0.2, 0.25) is 0 Å². The second kappa shape index (κ2) is 5.34. The Morgan fingerprint density at radius 1 is 1.17 bits per heavy atom. The van der Waals surface area contributed by atoms with E-state index in [0.717, 1.165) is 35.2 Å². The second-order valence-electron chi connectivity index (χ2n) is 5.72. The number of amides is 1. The molecule has 1 saturated heterocycles. The average Bonchev–Trinajstić information content (AvgIpc) is 2.97. The molecule has 6 heteroatoms. The highest BCUT2D eigenvalue weighted by atomic mass is 16.6. The smallest absolute Gasteiger partial charge is 0.414 e. The topological polar surface area (TPSA) is 78.3 Å². The van der Waals surface area contributed by atoms with Gasteiger partial charge in [-0.3, -0.25) is 4.90 Å². The van der Waals surface area contributed by atoms with Crippen molar-refractivity contribution in [2.75, 3.05) is 11.5 Å². The van der Waals surface area contributed by atoms with E-state index >= 15 is 0 Å². The molecule has 0 aromatic heterocycles. The molecule has 0 bridgehead atoms. The summed E-state index contributed by atoms with van der Waals surface area (Å²) >= 11 is 0. The lowest BCUT2D eigenvalue weighted by Gasteiger charge is -2.29. The molecule has 1 unspecified atom stereocenters. The van der Waals surface area contributed by atoms with Gasteiger partial charge in [-0.15, -0.1) is 0 Å². The van der Waals surface area contributed by atoms with Crippen LogP contribution in [0.1, 0.15) is 12.0 Å². The minimum atomic E-state index is -0.248. The average molecular weight is 306 g/mol. The molecule has 2 aliphatic heterocycles. The SMILES string of the molecule is [N-]=[N+]=Nc1ccc(-c2ccc3c(c2)CCC2COC(=O)N32)cc1. The maximum absolute atomic E-state index is 11.9. The number of anilines is 1. The Balaban J connectivity index is 1.70. The normalized spacial score (nSPS) is 18.7. The molecule has 0 radical (unpaired) electrons. The summed E-state index contributed by atoms with van der Waals surface area (Å²) in [5.41, 5.74) is 13.3. The van der Waals surface area contributed by atoms with Crippen LogP contribution in [0.5, 0.6) is 0 Å². The van der Waals surface area contributed by atoms with Gasteiger partial charge in [0.25, 0.3) is 0 Å². The number of rotatable bonds is 2. The molecule has 1 fully saturated rings. The van der Waals surface area contributed by atoms with Gasteiger partial charge in [0.15, 0.2) is 0 Å². The largest absolute Gasteiger partial charge is 0.447 e. The number of azide groups is 1. The molecular weight excluding hydrogens is 292 g/mol. The maximum atomic E-state index is 11.9. The van der Waals surface area contributed by atoms with Crippen LogP contribution in [0.3, 0.4) is 0 Å². The number of cyclic esters (lactones) is 1. The van der Waals surface area contributed by atoms with Gasteiger partial charge in [-0.25, -0.2) is 4.79 Å². The van der Waals surface area contributed by atoms with Gasteiger partial charge < -0.3 is 4.74 Å². The van der Waals surface area contributed by atoms with E-state index < -0.39 is 0 Å². The third kappa shape index (κ3) is 2.29. The van der Waals surface area contributed by atoms with Crippen LogP contribution in [-0.2, 0) is 11.2 Å². The quantitative estimate of drug-likeness (QED) is 0.463. The van der Waals surface area contributed by atoms with Crippen molar-refractivity contribution in [3.8, 4) is 11.1 Å². The predicted molar refractivity (Wildman–Crippen MR) is 86.6 cm³/mol. The molecule has 2 aliphatic rings. The van der Waals surface area contributed by atoms with E-state index in [4.69, 9.17) is 10.3 Å². The lowest BCUT2D eigenvalue weighted by atomic mass is 9.93. The Morgan fingerprint density at radius 3 is 2.74 bits per heavy atom. The molecule has 0 N–H and O–H groups in total. The summed E-state index contributed by atoms with van der Waals surface area (Å²) in [5.74, 6) is 0. The number of fused-ring (bicyclic) bond motifs is 3. The fraction of sp³-hybridized carbons (Fsp3) is 0.235. The summed E-state index contributed by atoms with van der Waals surface area (Å²) in [6, 6.07) is 13.7. The van der Waals surface area contributed by atoms with Crippen molar-refractivity contribution in [2.24, 2.45) is 5.11 Å². The summed E-state index contributed by atoms with van der Waals surface area (Å²) in [7, 11) is 0. The Kier molecular flexibility index (Phi) is 3.17. The van der Waals surface area contributed by atoms with Gasteiger partial charge in [0, 0.05) is 10.6 Å². The minimum Gasteiger partial charge on any atom is -0.447 e. The molecule has 1 amide bonds. The number of benzene rings is 2. The van der Waals surface area contributed by atoms with Crippen molar-refractivity contribution in [1.29, 1.82) is 0 Å². The van der Waals surface area contributed by atoms with E-state index in [2.05, 4.69) is 16.1 Å². The predicted octanol–water partition coefficient (Wildman–Crippen LogP) is 4.57. The molecule has 0 aliphatic carbocycles. The number of nitrogens with zero attached hydrogens (tertiary/aromatic N) is 4. The molecule has 0 spiro atoms. The van der Waals surface area contributed by atoms with Gasteiger partial charge in [-0.1, -0.05) is 35.4 Å². The fourth-order valence-electron chi connectivity index (χ4n) is 3.26. The van der Waals surface area contributed by atoms with Gasteiger partial charge in [0.05, 0.1) is 11.7 Å². The monoisotopic (exact) mass is 306 g/mol. The molecule has 1 atom stereocenters. The molecule has 2 heterocycles. The van der Waals surface area contributed by atoms with Crippen LogP contribution < -0.4 is 4.90 Å². The lowest BCUT2D eigenvalue weighted by Crippen LogP contribution is -2.37. The fourth-order valence-corrected chi connectivity index (χ4v) is 3.26. The third-order valence-electron chi connectivity index (χ3n) is 4.41. The van der Waals surface area contributed by atoms with E-state index in [9.17, 15) is 4.79 Å². The highest BCUT2D eigenvalue weighted by Gasteiger charge is 2.37. The first kappa shape index (κ1) is 13.7. The van der Waals surface area contributed by atoms with E-state index in [0.29, 0.717) is 12.3 Å². The zero-order chi connectivity index (χ0) is 15.8. The third-order valence-corrected chi connectivity index (χ3v) is 4.41. The van der Waals surface area contributed by atoms with Crippen molar-refractivity contribution in [3.05, 3.63) is 58.5 Å². The zero-order valence-electron chi connectivity index (χ0n) is 12.3. The van der Waals surface area contributed by atoms with Crippen LogP contribution in [0, 0.1) is 0 Å². The molecule has 2 aromatic carbocycles. The van der Waals surface area contributed by atoms with Crippen LogP contribution in [0.15, 0.2) is 47.6 Å². The maximum Gasteiger partial charge on any atom is 0.414 e. The molecule has 4 rings (SSSR count). The highest BCUT2D eigenvalue weighted by Crippen LogP contribution is 2.37. The minimum absolute atomic E-state index is 0.170. The number of carbonyl (C=O) groups excluding carboxylic acids is 1. The van der Waals surface area contributed by atoms with Gasteiger partial charge in [0.1, 0.15) is 6.61 Å². The first-order valence-electron chi connectivity index (χ1n) is 7.51. The molecule has 23 heavy (non-hydrogen) atoms. The van der Waals surface area contributed by atoms with Crippen LogP contribution in [0.4, 0.5) is 16.2 Å². The first-order chi connectivity index (χ1) is 11.3. The highest BCUT2D eigenvalue weighted by molar-refractivity contribution is 5.92. The van der Waals surface area contributed by atoms with E-state index in [1.54, 1.807) is 17.0 Å². The molecule has 6 nitrogen and oxygen atoms in total. The Hall–Kier alpha value is -2.98. The van der Waals surface area contributed by atoms with Gasteiger partial charge in [-0.2, -0.15) is 0 Å². The van der Waals surface area contributed by atoms with E-state index in [1.165, 1.54) is 0 Å². The number of ether oxygens (including phenoxy) is 1. The van der Waals surface area contributed by atoms with Crippen LogP contribution >= 0.6 is 0 Å². The van der Waals surface area contributed by atoms with Crippen molar-refractivity contribution in [1.82, 2.24) is 0 Å². The Morgan fingerprint density at radius 2 is 1.96 bits per heavy atom. The van der Waals surface area contributed by atoms with Crippen LogP contribution in [0.2, 0.25) is 0 Å². The molecule has 0 saturated carbocycles. The van der Waals surface area contributed by atoms with E-state index in [1.807, 2.05) is 24.3 Å². The number of hydrogen-bond donors (Lipinski definition) is 0. The second-order valence-corrected chi connectivity index (χ2v) is 5.72. The summed E-state index contributed by atoms with van der Waals surface area (Å²) in [6.45, 7) is 0.487. The number of carbonyl (C=O) groups is 1. The van der Waals surface area contributed by atoms with Crippen LogP contribution in [0.25, 0.3) is 21.6 Å². The van der Waals surface area contributed by atoms with Crippen molar-refractivity contribution in [3.63, 3.8) is 0 Å². The van der Waals surface area contributed by atoms with Crippen molar-refractivity contribution < 1.29 is 9.53 Å². The molecule has 2 aromatic rings. The molecule has 114 valence electrons. The standard InChI is InChI=1S/C17H14N4O2/c18-20-19-14-5-1-11(2-6-14)12-4-8-16-13(9-12)3-7-15-10-23-17(22)21(15)16/h1-2,4-6,8-9,15H,3,7,10H2. The summed E-state index contributed by atoms with van der Waals surface area (Å²) in [6.07, 6.45) is 1.62.